The second kappa shape index (κ2) is 6.66. The number of piperidine rings is 1. The van der Waals surface area contributed by atoms with Crippen molar-refractivity contribution < 1.29 is 4.79 Å². The van der Waals surface area contributed by atoms with Crippen LogP contribution in [-0.2, 0) is 4.79 Å². The largest absolute Gasteiger partial charge is 0.341 e. The molecule has 4 nitrogen and oxygen atoms in total. The van der Waals surface area contributed by atoms with E-state index in [-0.39, 0.29) is 5.54 Å². The number of hydrogen-bond donors (Lipinski definition) is 1. The summed E-state index contributed by atoms with van der Waals surface area (Å²) >= 11 is 0. The molecule has 2 aliphatic heterocycles. The maximum Gasteiger partial charge on any atom is 0.224 e. The highest BCUT2D eigenvalue weighted by molar-refractivity contribution is 5.77. The molecule has 3 rings (SSSR count). The van der Waals surface area contributed by atoms with Crippen molar-refractivity contribution in [1.29, 1.82) is 0 Å². The number of amides is 1. The monoisotopic (exact) mass is 293 g/mol. The quantitative estimate of drug-likeness (QED) is 0.867. The minimum Gasteiger partial charge on any atom is -0.341 e. The third kappa shape index (κ3) is 3.78. The van der Waals surface area contributed by atoms with E-state index in [4.69, 9.17) is 5.73 Å². The molecule has 0 aromatic carbocycles. The van der Waals surface area contributed by atoms with Crippen molar-refractivity contribution >= 4 is 5.91 Å². The van der Waals surface area contributed by atoms with Crippen LogP contribution in [0.4, 0.5) is 0 Å². The van der Waals surface area contributed by atoms with Gasteiger partial charge in [-0.25, -0.2) is 0 Å². The molecule has 3 fully saturated rings. The number of carbonyl (C=O) groups is 1. The van der Waals surface area contributed by atoms with Crippen molar-refractivity contribution in [3.63, 3.8) is 0 Å². The van der Waals surface area contributed by atoms with E-state index in [1.54, 1.807) is 0 Å². The van der Waals surface area contributed by atoms with E-state index in [1.807, 2.05) is 0 Å². The molecule has 0 aromatic heterocycles. The topological polar surface area (TPSA) is 49.6 Å². The Labute approximate surface area is 129 Å². The van der Waals surface area contributed by atoms with Crippen molar-refractivity contribution in [2.75, 3.05) is 26.2 Å². The Bertz CT molecular complexity index is 359. The summed E-state index contributed by atoms with van der Waals surface area (Å²) in [6.45, 7) is 4.34. The Morgan fingerprint density at radius 2 is 1.71 bits per heavy atom. The van der Waals surface area contributed by atoms with Crippen molar-refractivity contribution in [2.45, 2.75) is 75.8 Å². The lowest BCUT2D eigenvalue weighted by molar-refractivity contribution is -0.134. The van der Waals surface area contributed by atoms with Gasteiger partial charge in [-0.05, 0) is 51.6 Å². The lowest BCUT2D eigenvalue weighted by atomic mass is 9.80. The number of hydrogen-bond acceptors (Lipinski definition) is 3. The van der Waals surface area contributed by atoms with Crippen LogP contribution >= 0.6 is 0 Å². The number of rotatable bonds is 3. The van der Waals surface area contributed by atoms with Crippen molar-refractivity contribution in [1.82, 2.24) is 9.80 Å². The van der Waals surface area contributed by atoms with Crippen LogP contribution < -0.4 is 5.73 Å². The molecule has 0 aromatic rings. The average Bonchev–Trinajstić information content (AvgIpc) is 3.02. The van der Waals surface area contributed by atoms with E-state index in [9.17, 15) is 4.79 Å². The van der Waals surface area contributed by atoms with Gasteiger partial charge in [0.2, 0.25) is 5.91 Å². The first kappa shape index (κ1) is 15.3. The molecule has 2 heterocycles. The van der Waals surface area contributed by atoms with Crippen LogP contribution in [0, 0.1) is 0 Å². The predicted molar refractivity (Wildman–Crippen MR) is 85.0 cm³/mol. The molecule has 4 heteroatoms. The molecule has 0 radical (unpaired) electrons. The standard InChI is InChI=1S/C17H31N3O/c18-17(8-2-1-3-9-17)13-16(21)20-12-6-7-15(14-20)19-10-4-5-11-19/h15H,1-14,18H2. The molecule has 1 saturated carbocycles. The molecular weight excluding hydrogens is 262 g/mol. The summed E-state index contributed by atoms with van der Waals surface area (Å²) in [5, 5.41) is 0. The van der Waals surface area contributed by atoms with Crippen molar-refractivity contribution in [3.8, 4) is 0 Å². The summed E-state index contributed by atoms with van der Waals surface area (Å²) in [4.78, 5) is 17.4. The Morgan fingerprint density at radius 1 is 1.00 bits per heavy atom. The van der Waals surface area contributed by atoms with Crippen LogP contribution in [0.5, 0.6) is 0 Å². The van der Waals surface area contributed by atoms with Crippen LogP contribution in [0.1, 0.15) is 64.2 Å². The molecule has 0 spiro atoms. The first-order chi connectivity index (χ1) is 10.2. The third-order valence-corrected chi connectivity index (χ3v) is 5.76. The van der Waals surface area contributed by atoms with E-state index in [1.165, 1.54) is 51.6 Å². The fraction of sp³-hybridized carbons (Fsp3) is 0.941. The van der Waals surface area contributed by atoms with Gasteiger partial charge < -0.3 is 10.6 Å². The molecule has 3 aliphatic rings. The fourth-order valence-electron chi connectivity index (χ4n) is 4.43. The predicted octanol–water partition coefficient (Wildman–Crippen LogP) is 2.12. The van der Waals surface area contributed by atoms with Crippen LogP contribution in [0.15, 0.2) is 0 Å². The third-order valence-electron chi connectivity index (χ3n) is 5.76. The highest BCUT2D eigenvalue weighted by Crippen LogP contribution is 2.30. The highest BCUT2D eigenvalue weighted by atomic mass is 16.2. The maximum atomic E-state index is 12.7. The minimum atomic E-state index is -0.212. The van der Waals surface area contributed by atoms with Gasteiger partial charge in [0.25, 0.3) is 0 Å². The minimum absolute atomic E-state index is 0.212. The van der Waals surface area contributed by atoms with Gasteiger partial charge in [-0.2, -0.15) is 0 Å². The van der Waals surface area contributed by atoms with Gasteiger partial charge in [0.05, 0.1) is 0 Å². The first-order valence-corrected chi connectivity index (χ1v) is 8.97. The molecule has 1 amide bonds. The summed E-state index contributed by atoms with van der Waals surface area (Å²) in [6, 6.07) is 0.602. The van der Waals surface area contributed by atoms with Gasteiger partial charge in [0.1, 0.15) is 0 Å². The number of nitrogens with two attached hydrogens (primary N) is 1. The number of carbonyl (C=O) groups excluding carboxylic acids is 1. The zero-order chi connectivity index (χ0) is 14.7. The lowest BCUT2D eigenvalue weighted by Gasteiger charge is -2.40. The smallest absolute Gasteiger partial charge is 0.224 e. The molecule has 1 atom stereocenters. The number of likely N-dealkylation sites (tertiary alicyclic amines) is 2. The second-order valence-corrected chi connectivity index (χ2v) is 7.48. The Kier molecular flexibility index (Phi) is 4.85. The van der Waals surface area contributed by atoms with Gasteiger partial charge in [-0.15, -0.1) is 0 Å². The van der Waals surface area contributed by atoms with Gasteiger partial charge in [-0.3, -0.25) is 9.69 Å². The van der Waals surface area contributed by atoms with Gasteiger partial charge >= 0.3 is 0 Å². The Hall–Kier alpha value is -0.610. The molecular formula is C17H31N3O. The normalized spacial score (nSPS) is 30.5. The van der Waals surface area contributed by atoms with Crippen LogP contribution in [0.3, 0.4) is 0 Å². The van der Waals surface area contributed by atoms with Gasteiger partial charge in [0, 0.05) is 31.1 Å². The van der Waals surface area contributed by atoms with Gasteiger partial charge in [0.15, 0.2) is 0 Å². The van der Waals surface area contributed by atoms with Crippen molar-refractivity contribution in [3.05, 3.63) is 0 Å². The summed E-state index contributed by atoms with van der Waals surface area (Å²) < 4.78 is 0. The molecule has 0 bridgehead atoms. The summed E-state index contributed by atoms with van der Waals surface area (Å²) in [6.07, 6.45) is 11.4. The molecule has 2 saturated heterocycles. The summed E-state index contributed by atoms with van der Waals surface area (Å²) in [7, 11) is 0. The first-order valence-electron chi connectivity index (χ1n) is 8.97. The lowest BCUT2D eigenvalue weighted by Crippen LogP contribution is -2.52. The van der Waals surface area contributed by atoms with Crippen molar-refractivity contribution in [2.24, 2.45) is 5.73 Å². The zero-order valence-electron chi connectivity index (χ0n) is 13.4. The van der Waals surface area contributed by atoms with Gasteiger partial charge in [-0.1, -0.05) is 19.3 Å². The van der Waals surface area contributed by atoms with Crippen LogP contribution in [-0.4, -0.2) is 53.5 Å². The summed E-state index contributed by atoms with van der Waals surface area (Å²) in [5.74, 6) is 0.309. The molecule has 2 N–H and O–H groups in total. The molecule has 21 heavy (non-hydrogen) atoms. The Balaban J connectivity index is 1.53. The molecule has 120 valence electrons. The summed E-state index contributed by atoms with van der Waals surface area (Å²) in [5.41, 5.74) is 6.25. The van der Waals surface area contributed by atoms with E-state index < -0.39 is 0 Å². The second-order valence-electron chi connectivity index (χ2n) is 7.48. The highest BCUT2D eigenvalue weighted by Gasteiger charge is 2.34. The number of nitrogens with zero attached hydrogens (tertiary/aromatic N) is 2. The van der Waals surface area contributed by atoms with E-state index in [2.05, 4.69) is 9.80 Å². The maximum absolute atomic E-state index is 12.7. The SMILES string of the molecule is NC1(CC(=O)N2CCCC(N3CCCC3)C2)CCCCC1. The van der Waals surface area contributed by atoms with E-state index in [0.29, 0.717) is 18.4 Å². The Morgan fingerprint density at radius 3 is 2.43 bits per heavy atom. The molecule has 1 unspecified atom stereocenters. The van der Waals surface area contributed by atoms with E-state index in [0.717, 1.165) is 32.4 Å². The zero-order valence-corrected chi connectivity index (χ0v) is 13.4. The van der Waals surface area contributed by atoms with Crippen LogP contribution in [0.2, 0.25) is 0 Å². The average molecular weight is 293 g/mol. The van der Waals surface area contributed by atoms with E-state index >= 15 is 0 Å². The molecule has 1 aliphatic carbocycles. The fourth-order valence-corrected chi connectivity index (χ4v) is 4.43. The van der Waals surface area contributed by atoms with Crippen LogP contribution in [0.25, 0.3) is 0 Å².